The predicted molar refractivity (Wildman–Crippen MR) is 121 cm³/mol. The molecule has 0 spiro atoms. The first kappa shape index (κ1) is 21.2. The minimum atomic E-state index is -0.839. The van der Waals surface area contributed by atoms with Crippen LogP contribution in [-0.2, 0) is 19.1 Å². The monoisotopic (exact) mass is 462 g/mol. The molecule has 0 radical (unpaired) electrons. The van der Waals surface area contributed by atoms with E-state index < -0.39 is 29.6 Å². The lowest BCUT2D eigenvalue weighted by molar-refractivity contribution is -0.145. The van der Waals surface area contributed by atoms with Crippen LogP contribution in [0.25, 0.3) is 11.1 Å². The molecule has 2 N–H and O–H groups in total. The molecule has 4 unspecified atom stereocenters. The van der Waals surface area contributed by atoms with Crippen molar-refractivity contribution in [2.45, 2.75) is 30.9 Å². The maximum Gasteiger partial charge on any atom is 0.407 e. The molecule has 0 bridgehead atoms. The molecule has 4 aliphatic rings. The normalized spacial score (nSPS) is 28.7. The molecule has 0 aromatic heterocycles. The van der Waals surface area contributed by atoms with Crippen LogP contribution in [0.1, 0.15) is 29.9 Å². The second kappa shape index (κ2) is 7.84. The number of carbonyl (C=O) groups excluding carboxylic acids is 2. The number of hydrogen-bond acceptors (Lipinski definition) is 5. The Hall–Kier alpha value is -3.39. The van der Waals surface area contributed by atoms with Crippen molar-refractivity contribution in [1.82, 2.24) is 10.2 Å². The lowest BCUT2D eigenvalue weighted by atomic mass is 9.98. The van der Waals surface area contributed by atoms with Gasteiger partial charge in [0.25, 0.3) is 5.91 Å². The molecule has 3 fully saturated rings. The van der Waals surface area contributed by atoms with Gasteiger partial charge in [-0.2, -0.15) is 0 Å². The van der Waals surface area contributed by atoms with E-state index in [1.54, 1.807) is 4.90 Å². The number of ether oxygens (including phenoxy) is 2. The molecule has 2 heterocycles. The second-order valence-corrected chi connectivity index (χ2v) is 9.74. The molecular weight excluding hydrogens is 436 g/mol. The summed E-state index contributed by atoms with van der Waals surface area (Å²) >= 11 is 0. The molecule has 176 valence electrons. The topological polar surface area (TPSA) is 105 Å². The SMILES string of the molecule is O=C(NC1CCOC1C(=O)N1CC2CC2(C(=O)O)C1)OCC1c2ccccc2-c2ccccc21. The van der Waals surface area contributed by atoms with Crippen LogP contribution >= 0.6 is 0 Å². The van der Waals surface area contributed by atoms with Crippen LogP contribution in [0.2, 0.25) is 0 Å². The van der Waals surface area contributed by atoms with Gasteiger partial charge in [-0.15, -0.1) is 0 Å². The van der Waals surface area contributed by atoms with E-state index in [2.05, 4.69) is 29.6 Å². The smallest absolute Gasteiger partial charge is 0.407 e. The number of alkyl carbamates (subject to hydrolysis) is 1. The van der Waals surface area contributed by atoms with Crippen LogP contribution in [0.4, 0.5) is 4.79 Å². The summed E-state index contributed by atoms with van der Waals surface area (Å²) in [5.74, 6) is -1.12. The number of fused-ring (bicyclic) bond motifs is 4. The molecule has 1 saturated carbocycles. The van der Waals surface area contributed by atoms with Crippen LogP contribution in [0.3, 0.4) is 0 Å². The highest BCUT2D eigenvalue weighted by atomic mass is 16.6. The third kappa shape index (κ3) is 3.27. The minimum Gasteiger partial charge on any atom is -0.481 e. The van der Waals surface area contributed by atoms with Crippen molar-refractivity contribution >= 4 is 18.0 Å². The van der Waals surface area contributed by atoms with Crippen LogP contribution in [0, 0.1) is 11.3 Å². The summed E-state index contributed by atoms with van der Waals surface area (Å²) in [5, 5.41) is 12.3. The first-order valence-electron chi connectivity index (χ1n) is 11.7. The summed E-state index contributed by atoms with van der Waals surface area (Å²) in [7, 11) is 0. The molecule has 4 atom stereocenters. The molecule has 34 heavy (non-hydrogen) atoms. The number of piperidine rings is 1. The van der Waals surface area contributed by atoms with Crippen LogP contribution in [0.5, 0.6) is 0 Å². The van der Waals surface area contributed by atoms with Gasteiger partial charge in [-0.1, -0.05) is 48.5 Å². The second-order valence-electron chi connectivity index (χ2n) is 9.74. The van der Waals surface area contributed by atoms with E-state index in [4.69, 9.17) is 9.47 Å². The number of rotatable bonds is 5. The molecule has 2 amide bonds. The molecule has 2 aromatic carbocycles. The first-order chi connectivity index (χ1) is 16.5. The zero-order valence-electron chi connectivity index (χ0n) is 18.6. The van der Waals surface area contributed by atoms with Gasteiger partial charge in [0.05, 0.1) is 11.5 Å². The van der Waals surface area contributed by atoms with Gasteiger partial charge in [-0.3, -0.25) is 9.59 Å². The highest BCUT2D eigenvalue weighted by Crippen LogP contribution is 2.58. The molecule has 2 saturated heterocycles. The molecule has 2 aromatic rings. The highest BCUT2D eigenvalue weighted by molar-refractivity contribution is 5.87. The van der Waals surface area contributed by atoms with Gasteiger partial charge in [0.15, 0.2) is 6.10 Å². The molecule has 8 heteroatoms. The van der Waals surface area contributed by atoms with E-state index in [-0.39, 0.29) is 30.9 Å². The summed E-state index contributed by atoms with van der Waals surface area (Å²) in [6.45, 7) is 1.19. The molecule has 2 aliphatic carbocycles. The molecule has 6 rings (SSSR count). The fourth-order valence-electron chi connectivity index (χ4n) is 5.93. The predicted octanol–water partition coefficient (Wildman–Crippen LogP) is 2.62. The van der Waals surface area contributed by atoms with Crippen molar-refractivity contribution in [3.63, 3.8) is 0 Å². The van der Waals surface area contributed by atoms with Gasteiger partial charge in [-0.05, 0) is 41.0 Å². The largest absolute Gasteiger partial charge is 0.481 e. The standard InChI is InChI=1S/C26H26N2O6/c29-23(28-12-15-11-26(15,14-28)24(30)31)22-21(9-10-33-22)27-25(32)34-13-20-18-7-3-1-5-16(18)17-6-2-4-8-19(17)20/h1-8,15,20-22H,9-14H2,(H,27,32)(H,30,31). The Balaban J connectivity index is 1.08. The van der Waals surface area contributed by atoms with E-state index in [0.717, 1.165) is 22.3 Å². The van der Waals surface area contributed by atoms with Gasteiger partial charge in [0, 0.05) is 25.6 Å². The zero-order chi connectivity index (χ0) is 23.4. The minimum absolute atomic E-state index is 0.0175. The Morgan fingerprint density at radius 3 is 2.41 bits per heavy atom. The van der Waals surface area contributed by atoms with E-state index in [9.17, 15) is 19.5 Å². The first-order valence-corrected chi connectivity index (χ1v) is 11.7. The number of aliphatic carboxylic acids is 1. The van der Waals surface area contributed by atoms with Crippen molar-refractivity contribution in [3.05, 3.63) is 59.7 Å². The number of benzene rings is 2. The number of hydrogen-bond donors (Lipinski definition) is 2. The van der Waals surface area contributed by atoms with Crippen molar-refractivity contribution in [1.29, 1.82) is 0 Å². The summed E-state index contributed by atoms with van der Waals surface area (Å²) in [4.78, 5) is 38.8. The number of carboxylic acid groups (broad SMARTS) is 1. The van der Waals surface area contributed by atoms with Crippen molar-refractivity contribution in [2.24, 2.45) is 11.3 Å². The zero-order valence-corrected chi connectivity index (χ0v) is 18.6. The number of carboxylic acids is 1. The lowest BCUT2D eigenvalue weighted by Gasteiger charge is -2.26. The van der Waals surface area contributed by atoms with Crippen LogP contribution in [0.15, 0.2) is 48.5 Å². The Kier molecular flexibility index (Phi) is 4.88. The number of amides is 2. The third-order valence-electron chi connectivity index (χ3n) is 7.87. The van der Waals surface area contributed by atoms with E-state index in [1.165, 1.54) is 0 Å². The fourth-order valence-corrected chi connectivity index (χ4v) is 5.93. The molecule has 2 aliphatic heterocycles. The van der Waals surface area contributed by atoms with E-state index in [1.807, 2.05) is 24.3 Å². The quantitative estimate of drug-likeness (QED) is 0.708. The molecular formula is C26H26N2O6. The Morgan fingerprint density at radius 1 is 1.09 bits per heavy atom. The van der Waals surface area contributed by atoms with E-state index >= 15 is 0 Å². The number of nitrogens with one attached hydrogen (secondary N) is 1. The van der Waals surface area contributed by atoms with Gasteiger partial charge in [0.1, 0.15) is 6.61 Å². The van der Waals surface area contributed by atoms with Gasteiger partial charge >= 0.3 is 12.1 Å². The Bertz CT molecular complexity index is 1140. The van der Waals surface area contributed by atoms with Gasteiger partial charge < -0.3 is 24.8 Å². The van der Waals surface area contributed by atoms with Gasteiger partial charge in [-0.25, -0.2) is 4.79 Å². The summed E-state index contributed by atoms with van der Waals surface area (Å²) < 4.78 is 11.3. The van der Waals surface area contributed by atoms with Crippen LogP contribution < -0.4 is 5.32 Å². The fraction of sp³-hybridized carbons (Fsp3) is 0.423. The maximum atomic E-state index is 13.0. The summed E-state index contributed by atoms with van der Waals surface area (Å²) in [6.07, 6.45) is -0.272. The third-order valence-corrected chi connectivity index (χ3v) is 7.87. The molecule has 8 nitrogen and oxygen atoms in total. The van der Waals surface area contributed by atoms with Crippen molar-refractivity contribution in [2.75, 3.05) is 26.3 Å². The highest BCUT2D eigenvalue weighted by Gasteiger charge is 2.66. The Labute approximate surface area is 196 Å². The number of carbonyl (C=O) groups is 3. The number of nitrogens with zero attached hydrogens (tertiary/aromatic N) is 1. The summed E-state index contributed by atoms with van der Waals surface area (Å²) in [6, 6.07) is 15.8. The Morgan fingerprint density at radius 2 is 1.76 bits per heavy atom. The average molecular weight is 463 g/mol. The van der Waals surface area contributed by atoms with Crippen molar-refractivity contribution in [3.8, 4) is 11.1 Å². The van der Waals surface area contributed by atoms with Crippen molar-refractivity contribution < 1.29 is 29.0 Å². The lowest BCUT2D eigenvalue weighted by Crippen LogP contribution is -2.50. The van der Waals surface area contributed by atoms with Crippen LogP contribution in [-0.4, -0.2) is 66.4 Å². The number of likely N-dealkylation sites (tertiary alicyclic amines) is 1. The maximum absolute atomic E-state index is 13.0. The van der Waals surface area contributed by atoms with Gasteiger partial charge in [0.2, 0.25) is 0 Å². The average Bonchev–Trinajstić information content (AvgIpc) is 3.16. The van der Waals surface area contributed by atoms with E-state index in [0.29, 0.717) is 26.0 Å². The summed E-state index contributed by atoms with van der Waals surface area (Å²) in [5.41, 5.74) is 3.79.